The monoisotopic (exact) mass is 449 g/mol. The first-order valence-electron chi connectivity index (χ1n) is 11.6. The predicted octanol–water partition coefficient (Wildman–Crippen LogP) is 5.43. The highest BCUT2D eigenvalue weighted by Gasteiger charge is 2.14. The molecule has 0 fully saturated rings. The molecule has 0 spiro atoms. The standard InChI is InChI=1S/C27H27N7/c1-19(2)12-17-25-28-26(22-8-4-3-5-9-22)31-34(25)18-20-13-15-21(16-14-20)23-10-6-7-11-24(23)27-29-32-33-30-27/h3-11,13-16,19H,12,17-18H2,1-2H3,(H,29,30,32,33). The minimum atomic E-state index is 0.615. The molecule has 0 unspecified atom stereocenters. The number of nitrogens with one attached hydrogen (secondary N) is 1. The smallest absolute Gasteiger partial charge is 0.181 e. The Hall–Kier alpha value is -4.13. The Kier molecular flexibility index (Phi) is 6.25. The number of tetrazole rings is 1. The van der Waals surface area contributed by atoms with Crippen LogP contribution in [0.3, 0.4) is 0 Å². The molecule has 0 radical (unpaired) electrons. The average Bonchev–Trinajstić information content (AvgIpc) is 3.54. The van der Waals surface area contributed by atoms with Crippen LogP contribution >= 0.6 is 0 Å². The van der Waals surface area contributed by atoms with Gasteiger partial charge in [-0.2, -0.15) is 5.10 Å². The Balaban J connectivity index is 1.42. The second-order valence-corrected chi connectivity index (χ2v) is 8.80. The molecule has 0 aliphatic rings. The van der Waals surface area contributed by atoms with Gasteiger partial charge < -0.3 is 0 Å². The SMILES string of the molecule is CC(C)CCc1nc(-c2ccccc2)nn1Cc1ccc(-c2ccccc2-c2nnn[nH]2)cc1. The maximum absolute atomic E-state index is 4.88. The van der Waals surface area contributed by atoms with E-state index in [-0.39, 0.29) is 0 Å². The van der Waals surface area contributed by atoms with Crippen molar-refractivity contribution in [2.45, 2.75) is 33.2 Å². The number of H-pyrrole nitrogens is 1. The molecule has 34 heavy (non-hydrogen) atoms. The molecule has 3 aromatic carbocycles. The lowest BCUT2D eigenvalue weighted by molar-refractivity contribution is 0.547. The fourth-order valence-corrected chi connectivity index (χ4v) is 3.99. The van der Waals surface area contributed by atoms with Crippen molar-refractivity contribution in [1.82, 2.24) is 35.4 Å². The molecule has 2 heterocycles. The molecule has 0 aliphatic heterocycles. The van der Waals surface area contributed by atoms with E-state index in [4.69, 9.17) is 10.1 Å². The van der Waals surface area contributed by atoms with Gasteiger partial charge in [0.25, 0.3) is 0 Å². The average molecular weight is 450 g/mol. The number of rotatable bonds is 8. The zero-order valence-electron chi connectivity index (χ0n) is 19.4. The summed E-state index contributed by atoms with van der Waals surface area (Å²) in [7, 11) is 0. The summed E-state index contributed by atoms with van der Waals surface area (Å²) < 4.78 is 2.05. The summed E-state index contributed by atoms with van der Waals surface area (Å²) in [5.41, 5.74) is 5.38. The van der Waals surface area contributed by atoms with Crippen molar-refractivity contribution in [3.63, 3.8) is 0 Å². The molecule has 2 aromatic heterocycles. The Morgan fingerprint density at radius 1 is 0.824 bits per heavy atom. The number of hydrogen-bond acceptors (Lipinski definition) is 5. The van der Waals surface area contributed by atoms with Crippen LogP contribution in [-0.4, -0.2) is 35.4 Å². The highest BCUT2D eigenvalue weighted by Crippen LogP contribution is 2.30. The second-order valence-electron chi connectivity index (χ2n) is 8.80. The van der Waals surface area contributed by atoms with E-state index in [1.54, 1.807) is 0 Å². The van der Waals surface area contributed by atoms with Crippen LogP contribution in [0.2, 0.25) is 0 Å². The normalized spacial score (nSPS) is 11.3. The van der Waals surface area contributed by atoms with Crippen LogP contribution in [-0.2, 0) is 13.0 Å². The van der Waals surface area contributed by atoms with Gasteiger partial charge in [0.15, 0.2) is 11.6 Å². The first kappa shape index (κ1) is 21.7. The Bertz CT molecular complexity index is 1340. The van der Waals surface area contributed by atoms with E-state index in [0.717, 1.165) is 46.7 Å². The molecular weight excluding hydrogens is 422 g/mol. The number of benzene rings is 3. The van der Waals surface area contributed by atoms with E-state index in [2.05, 4.69) is 76.9 Å². The van der Waals surface area contributed by atoms with Crippen LogP contribution in [0, 0.1) is 5.92 Å². The third-order valence-electron chi connectivity index (χ3n) is 5.85. The Labute approximate surface area is 198 Å². The molecule has 0 bridgehead atoms. The molecule has 5 rings (SSSR count). The molecule has 0 atom stereocenters. The number of nitrogens with zero attached hydrogens (tertiary/aromatic N) is 6. The third-order valence-corrected chi connectivity index (χ3v) is 5.85. The Morgan fingerprint density at radius 3 is 2.26 bits per heavy atom. The van der Waals surface area contributed by atoms with Gasteiger partial charge >= 0.3 is 0 Å². The molecular formula is C27H27N7. The largest absolute Gasteiger partial charge is 0.245 e. The van der Waals surface area contributed by atoms with E-state index in [1.165, 1.54) is 5.56 Å². The van der Waals surface area contributed by atoms with Crippen molar-refractivity contribution in [2.75, 3.05) is 0 Å². The number of aromatic nitrogens is 7. The lowest BCUT2D eigenvalue weighted by Gasteiger charge is -2.10. The van der Waals surface area contributed by atoms with E-state index in [0.29, 0.717) is 18.3 Å². The lowest BCUT2D eigenvalue weighted by Crippen LogP contribution is -2.08. The summed E-state index contributed by atoms with van der Waals surface area (Å²) in [4.78, 5) is 4.88. The molecule has 0 saturated carbocycles. The van der Waals surface area contributed by atoms with Gasteiger partial charge in [0, 0.05) is 17.5 Å². The summed E-state index contributed by atoms with van der Waals surface area (Å²) in [5, 5.41) is 19.2. The van der Waals surface area contributed by atoms with Crippen molar-refractivity contribution in [2.24, 2.45) is 5.92 Å². The highest BCUT2D eigenvalue weighted by atomic mass is 15.5. The lowest BCUT2D eigenvalue weighted by atomic mass is 9.98. The maximum atomic E-state index is 4.88. The first-order chi connectivity index (χ1) is 16.7. The fourth-order valence-electron chi connectivity index (χ4n) is 3.99. The minimum absolute atomic E-state index is 0.615. The van der Waals surface area contributed by atoms with Crippen LogP contribution < -0.4 is 0 Å². The first-order valence-corrected chi connectivity index (χ1v) is 11.6. The predicted molar refractivity (Wildman–Crippen MR) is 133 cm³/mol. The van der Waals surface area contributed by atoms with Gasteiger partial charge in [-0.05, 0) is 39.5 Å². The van der Waals surface area contributed by atoms with Gasteiger partial charge in [0.05, 0.1) is 6.54 Å². The summed E-state index contributed by atoms with van der Waals surface area (Å²) >= 11 is 0. The van der Waals surface area contributed by atoms with Crippen molar-refractivity contribution < 1.29 is 0 Å². The van der Waals surface area contributed by atoms with Crippen LogP contribution in [0.4, 0.5) is 0 Å². The van der Waals surface area contributed by atoms with Crippen molar-refractivity contribution in [1.29, 1.82) is 0 Å². The zero-order valence-corrected chi connectivity index (χ0v) is 19.4. The summed E-state index contributed by atoms with van der Waals surface area (Å²) in [6.45, 7) is 5.16. The van der Waals surface area contributed by atoms with Crippen LogP contribution in [0.5, 0.6) is 0 Å². The van der Waals surface area contributed by atoms with E-state index in [9.17, 15) is 0 Å². The van der Waals surface area contributed by atoms with Crippen LogP contribution in [0.15, 0.2) is 78.9 Å². The molecule has 7 heteroatoms. The molecule has 0 saturated heterocycles. The fraction of sp³-hybridized carbons (Fsp3) is 0.222. The van der Waals surface area contributed by atoms with Gasteiger partial charge in [-0.1, -0.05) is 92.7 Å². The van der Waals surface area contributed by atoms with E-state index in [1.807, 2.05) is 41.1 Å². The number of aryl methyl sites for hydroxylation is 1. The molecule has 0 amide bonds. The molecule has 170 valence electrons. The maximum Gasteiger partial charge on any atom is 0.181 e. The van der Waals surface area contributed by atoms with Gasteiger partial charge in [0.2, 0.25) is 0 Å². The molecule has 1 N–H and O–H groups in total. The van der Waals surface area contributed by atoms with Gasteiger partial charge in [0.1, 0.15) is 5.82 Å². The topological polar surface area (TPSA) is 85.2 Å². The van der Waals surface area contributed by atoms with Crippen LogP contribution in [0.1, 0.15) is 31.7 Å². The van der Waals surface area contributed by atoms with Crippen molar-refractivity contribution in [3.8, 4) is 33.9 Å². The minimum Gasteiger partial charge on any atom is -0.245 e. The quantitative estimate of drug-likeness (QED) is 0.341. The van der Waals surface area contributed by atoms with Crippen molar-refractivity contribution >= 4 is 0 Å². The summed E-state index contributed by atoms with van der Waals surface area (Å²) in [6, 6.07) is 26.9. The third kappa shape index (κ3) is 4.78. The van der Waals surface area contributed by atoms with Gasteiger partial charge in [-0.3, -0.25) is 0 Å². The molecule has 7 nitrogen and oxygen atoms in total. The van der Waals surface area contributed by atoms with E-state index < -0.39 is 0 Å². The van der Waals surface area contributed by atoms with E-state index >= 15 is 0 Å². The second kappa shape index (κ2) is 9.79. The number of hydrogen-bond donors (Lipinski definition) is 1. The van der Waals surface area contributed by atoms with Crippen LogP contribution in [0.25, 0.3) is 33.9 Å². The zero-order chi connectivity index (χ0) is 23.3. The van der Waals surface area contributed by atoms with Crippen molar-refractivity contribution in [3.05, 3.63) is 90.3 Å². The van der Waals surface area contributed by atoms with Gasteiger partial charge in [-0.15, -0.1) is 5.10 Å². The molecule has 0 aliphatic carbocycles. The highest BCUT2D eigenvalue weighted by molar-refractivity contribution is 5.80. The summed E-state index contributed by atoms with van der Waals surface area (Å²) in [5.74, 6) is 3.08. The summed E-state index contributed by atoms with van der Waals surface area (Å²) in [6.07, 6.45) is 1.99. The Morgan fingerprint density at radius 2 is 1.56 bits per heavy atom. The number of aromatic amines is 1. The molecule has 5 aromatic rings. The van der Waals surface area contributed by atoms with Gasteiger partial charge in [-0.25, -0.2) is 14.8 Å².